The first-order valence-electron chi connectivity index (χ1n) is 36.2. The topological polar surface area (TPSA) is 105 Å². The first-order valence-corrected chi connectivity index (χ1v) is 36.2. The van der Waals surface area contributed by atoms with Crippen molar-refractivity contribution in [3.8, 4) is 23.0 Å². The molecule has 108 heavy (non-hydrogen) atoms. The minimum atomic E-state index is -0.541. The largest absolute Gasteiger partial charge is 0.423 e. The van der Waals surface area contributed by atoms with Crippen LogP contribution in [-0.2, 0) is 25.7 Å². The van der Waals surface area contributed by atoms with E-state index in [9.17, 15) is 19.2 Å². The van der Waals surface area contributed by atoms with Gasteiger partial charge in [0.2, 0.25) is 0 Å². The third-order valence-corrected chi connectivity index (χ3v) is 15.4. The Labute approximate surface area is 640 Å². The van der Waals surface area contributed by atoms with Gasteiger partial charge in [0.25, 0.3) is 0 Å². The highest BCUT2D eigenvalue weighted by molar-refractivity contribution is 6.00. The lowest BCUT2D eigenvalue weighted by molar-refractivity contribution is 0.0717. The first kappa shape index (κ1) is 85.6. The summed E-state index contributed by atoms with van der Waals surface area (Å²) >= 11 is 0. The first-order chi connectivity index (χ1) is 52.7. The number of aryl methyl sites for hydroxylation is 4. The maximum Gasteiger partial charge on any atom is 0.343 e. The zero-order chi connectivity index (χ0) is 77.9. The number of fused-ring (bicyclic) bond motifs is 4. The number of esters is 4. The van der Waals surface area contributed by atoms with E-state index < -0.39 is 23.9 Å². The molecule has 0 aromatic heterocycles. The van der Waals surface area contributed by atoms with Crippen LogP contribution in [-0.4, -0.2) is 23.9 Å². The average molecular weight is 1430 g/mol. The van der Waals surface area contributed by atoms with Gasteiger partial charge in [-0.15, -0.1) is 26.3 Å². The molecule has 0 radical (unpaired) electrons. The molecule has 8 heteroatoms. The molecule has 0 bridgehead atoms. The number of rotatable bonds is 12. The normalized spacial score (nSPS) is 9.56. The summed E-state index contributed by atoms with van der Waals surface area (Å²) in [5, 5.41) is 7.72. The van der Waals surface area contributed by atoms with Gasteiger partial charge in [-0.25, -0.2) is 19.2 Å². The van der Waals surface area contributed by atoms with Crippen LogP contribution >= 0.6 is 0 Å². The number of carbonyl (C=O) groups excluding carboxylic acids is 4. The van der Waals surface area contributed by atoms with Crippen LogP contribution in [0.15, 0.2) is 390 Å². The minimum absolute atomic E-state index is 0.269. The van der Waals surface area contributed by atoms with E-state index in [-0.39, 0.29) is 22.3 Å². The Morgan fingerprint density at radius 3 is 0.731 bits per heavy atom. The molecule has 0 saturated heterocycles. The average Bonchev–Trinajstić information content (AvgIpc) is 0.825. The van der Waals surface area contributed by atoms with Gasteiger partial charge in [0, 0.05) is 10.8 Å². The molecule has 8 nitrogen and oxygen atoms in total. The SMILES string of the molecule is C=CC.C=CC.C=CC.C=CC.CCc1ccccc1.CCc1ccccc1.CCc1ccccc1.CCc1ccccc1.O=C(Oc1ccc2ccccc2c1)c1cccc(C(=O)Oc2ccc3ccccc3c2)c1.O=C(Oc1cccc2ccccc12)c1cccc(C(=O)Oc2cccc3ccccc23)c1. The molecule has 0 aliphatic heterocycles. The van der Waals surface area contributed by atoms with E-state index in [0.29, 0.717) is 23.0 Å². The fraction of sp³-hybridized carbons (Fsp3) is 0.120. The third kappa shape index (κ3) is 30.3. The Hall–Kier alpha value is -13.0. The van der Waals surface area contributed by atoms with E-state index >= 15 is 0 Å². The maximum atomic E-state index is 12.8. The zero-order valence-electron chi connectivity index (χ0n) is 63.6. The van der Waals surface area contributed by atoms with Gasteiger partial charge in [-0.2, -0.15) is 0 Å². The molecule has 0 saturated carbocycles. The van der Waals surface area contributed by atoms with E-state index in [1.54, 1.807) is 85.0 Å². The highest BCUT2D eigenvalue weighted by Crippen LogP contribution is 2.29. The van der Waals surface area contributed by atoms with Crippen molar-refractivity contribution in [2.45, 2.75) is 81.1 Å². The minimum Gasteiger partial charge on any atom is -0.423 e. The second-order valence-electron chi connectivity index (χ2n) is 23.7. The van der Waals surface area contributed by atoms with Crippen LogP contribution in [0.25, 0.3) is 43.1 Å². The smallest absolute Gasteiger partial charge is 0.343 e. The van der Waals surface area contributed by atoms with E-state index in [1.807, 2.05) is 198 Å². The van der Waals surface area contributed by atoms with Gasteiger partial charge in [0.1, 0.15) is 23.0 Å². The molecule has 0 atom stereocenters. The summed E-state index contributed by atoms with van der Waals surface area (Å²) in [7, 11) is 0. The molecule has 0 N–H and O–H groups in total. The Morgan fingerprint density at radius 2 is 0.463 bits per heavy atom. The molecule has 0 spiro atoms. The van der Waals surface area contributed by atoms with Gasteiger partial charge in [-0.1, -0.05) is 319 Å². The lowest BCUT2D eigenvalue weighted by Gasteiger charge is -2.10. The van der Waals surface area contributed by atoms with Crippen LogP contribution in [0.5, 0.6) is 23.0 Å². The van der Waals surface area contributed by atoms with Crippen LogP contribution < -0.4 is 18.9 Å². The third-order valence-electron chi connectivity index (χ3n) is 15.4. The quantitative estimate of drug-likeness (QED) is 0.0677. The fourth-order valence-corrected chi connectivity index (χ4v) is 10.1. The van der Waals surface area contributed by atoms with Crippen LogP contribution in [0.4, 0.5) is 0 Å². The van der Waals surface area contributed by atoms with Gasteiger partial charge < -0.3 is 18.9 Å². The molecule has 0 fully saturated rings. The van der Waals surface area contributed by atoms with Crippen molar-refractivity contribution in [1.82, 2.24) is 0 Å². The highest BCUT2D eigenvalue weighted by atomic mass is 16.5. The second kappa shape index (κ2) is 50.4. The fourth-order valence-electron chi connectivity index (χ4n) is 10.1. The van der Waals surface area contributed by atoms with E-state index in [2.05, 4.69) is 151 Å². The van der Waals surface area contributed by atoms with Gasteiger partial charge in [-0.3, -0.25) is 0 Å². The molecule has 14 aromatic rings. The number of benzene rings is 14. The molecule has 0 amide bonds. The molecular weight excluding hydrogens is 1330 g/mol. The van der Waals surface area contributed by atoms with Crippen molar-refractivity contribution in [1.29, 1.82) is 0 Å². The monoisotopic (exact) mass is 1430 g/mol. The summed E-state index contributed by atoms with van der Waals surface area (Å²) in [5.41, 5.74) is 6.72. The number of hydrogen-bond donors (Lipinski definition) is 0. The van der Waals surface area contributed by atoms with E-state index in [1.165, 1.54) is 34.4 Å². The standard InChI is InChI=1S/2C28H18O4.4C8H10.4C3H6/c29-27(31-25-16-6-10-19-8-1-3-14-23(19)25)21-12-5-13-22(18-21)28(30)32-26-17-7-11-20-9-2-4-15-24(20)26;29-27(31-25-14-12-19-6-1-3-8-21(19)17-25)23-10-5-11-24(16-23)28(30)32-26-15-13-20-7-2-4-9-22(20)18-26;4*1-2-8-6-4-3-5-7-8;4*1-3-2/h2*1-18H;4*3-7H,2H2,1H3;4*3H,1H2,2H3. The van der Waals surface area contributed by atoms with Gasteiger partial charge in [-0.05, 0) is 181 Å². The summed E-state index contributed by atoms with van der Waals surface area (Å²) < 4.78 is 22.3. The van der Waals surface area contributed by atoms with E-state index in [0.717, 1.165) is 68.8 Å². The van der Waals surface area contributed by atoms with Gasteiger partial charge in [0.05, 0.1) is 22.3 Å². The van der Waals surface area contributed by atoms with Crippen molar-refractivity contribution >= 4 is 67.0 Å². The van der Waals surface area contributed by atoms with Gasteiger partial charge in [0.15, 0.2) is 0 Å². The van der Waals surface area contributed by atoms with Crippen LogP contribution in [0.2, 0.25) is 0 Å². The van der Waals surface area contributed by atoms with Crippen molar-refractivity contribution < 1.29 is 38.1 Å². The summed E-state index contributed by atoms with van der Waals surface area (Å²) in [6.45, 7) is 29.6. The number of allylic oxidation sites excluding steroid dienone is 4. The van der Waals surface area contributed by atoms with Crippen molar-refractivity contribution in [2.75, 3.05) is 0 Å². The number of ether oxygens (including phenoxy) is 4. The molecular formula is C100H100O8. The Morgan fingerprint density at radius 1 is 0.241 bits per heavy atom. The Balaban J connectivity index is 0.000000251. The van der Waals surface area contributed by atoms with Crippen molar-refractivity contribution in [3.63, 3.8) is 0 Å². The lowest BCUT2D eigenvalue weighted by atomic mass is 10.1. The number of carbonyl (C=O) groups is 4. The highest BCUT2D eigenvalue weighted by Gasteiger charge is 2.18. The predicted molar refractivity (Wildman–Crippen MR) is 455 cm³/mol. The number of hydrogen-bond acceptors (Lipinski definition) is 8. The van der Waals surface area contributed by atoms with Crippen molar-refractivity contribution in [3.05, 3.63) is 435 Å². The predicted octanol–water partition coefficient (Wildman–Crippen LogP) is 26.6. The molecule has 0 aliphatic rings. The maximum absolute atomic E-state index is 12.8. The van der Waals surface area contributed by atoms with Crippen LogP contribution in [0.1, 0.15) is 119 Å². The Kier molecular flexibility index (Phi) is 39.9. The molecule has 0 unspecified atom stereocenters. The summed E-state index contributed by atoms with van der Waals surface area (Å²) in [4.78, 5) is 50.9. The van der Waals surface area contributed by atoms with Gasteiger partial charge >= 0.3 is 23.9 Å². The summed E-state index contributed by atoms with van der Waals surface area (Å²) in [6, 6.07) is 108. The molecule has 14 rings (SSSR count). The Bertz CT molecular complexity index is 4600. The zero-order valence-corrected chi connectivity index (χ0v) is 63.6. The van der Waals surface area contributed by atoms with Crippen LogP contribution in [0.3, 0.4) is 0 Å². The van der Waals surface area contributed by atoms with Crippen LogP contribution in [0, 0.1) is 0 Å². The van der Waals surface area contributed by atoms with Crippen molar-refractivity contribution in [2.24, 2.45) is 0 Å². The van der Waals surface area contributed by atoms with E-state index in [4.69, 9.17) is 18.9 Å². The molecule has 548 valence electrons. The molecule has 14 aromatic carbocycles. The summed E-state index contributed by atoms with van der Waals surface area (Å²) in [5.74, 6) is -0.340. The molecule has 0 heterocycles. The molecule has 0 aliphatic carbocycles. The summed E-state index contributed by atoms with van der Waals surface area (Å²) in [6.07, 6.45) is 11.6. The lowest BCUT2D eigenvalue weighted by Crippen LogP contribution is -2.12. The second-order valence-corrected chi connectivity index (χ2v) is 23.7.